The van der Waals surface area contributed by atoms with Crippen LogP contribution in [0.1, 0.15) is 11.3 Å². The molecule has 0 aliphatic rings. The summed E-state index contributed by atoms with van der Waals surface area (Å²) < 4.78 is 12.1. The van der Waals surface area contributed by atoms with Crippen molar-refractivity contribution in [1.29, 1.82) is 0 Å². The molecule has 2 aromatic carbocycles. The summed E-state index contributed by atoms with van der Waals surface area (Å²) in [5, 5.41) is 11.8. The number of tetrazole rings is 1. The predicted octanol–water partition coefficient (Wildman–Crippen LogP) is 4.19. The molecule has 148 valence electrons. The maximum Gasteiger partial charge on any atom is 0.357 e. The van der Waals surface area contributed by atoms with Gasteiger partial charge in [0.2, 0.25) is 0 Å². The number of carbonyl (C=O) groups is 1. The van der Waals surface area contributed by atoms with Gasteiger partial charge >= 0.3 is 5.97 Å². The molecule has 0 amide bonds. The molecule has 0 atom stereocenters. The fourth-order valence-electron chi connectivity index (χ4n) is 2.78. The number of furan rings is 1. The summed E-state index contributed by atoms with van der Waals surface area (Å²) in [6, 6.07) is 22.6. The van der Waals surface area contributed by atoms with E-state index in [9.17, 15) is 4.79 Å². The normalized spacial score (nSPS) is 11.7. The Balaban J connectivity index is 1.58. The smallest absolute Gasteiger partial charge is 0.357 e. The van der Waals surface area contributed by atoms with E-state index in [-0.39, 0.29) is 12.3 Å². The molecule has 2 heterocycles. The Morgan fingerprint density at radius 2 is 1.77 bits per heavy atom. The zero-order chi connectivity index (χ0) is 20.6. The summed E-state index contributed by atoms with van der Waals surface area (Å²) in [5.41, 5.74) is 1.93. The molecule has 0 fully saturated rings. The molecule has 0 bridgehead atoms. The molecule has 30 heavy (non-hydrogen) atoms. The summed E-state index contributed by atoms with van der Waals surface area (Å²) in [6.07, 6.45) is 6.73. The number of aromatic nitrogens is 4. The Kier molecular flexibility index (Phi) is 5.91. The number of nitrogens with zero attached hydrogens (tertiary/aromatic N) is 4. The quantitative estimate of drug-likeness (QED) is 0.343. The van der Waals surface area contributed by atoms with Crippen LogP contribution >= 0.6 is 0 Å². The van der Waals surface area contributed by atoms with E-state index in [0.717, 1.165) is 11.1 Å². The molecule has 0 N–H and O–H groups in total. The third kappa shape index (κ3) is 4.59. The molecule has 0 aliphatic carbocycles. The molecule has 4 rings (SSSR count). The number of esters is 1. The van der Waals surface area contributed by atoms with Crippen LogP contribution < -0.4 is 0 Å². The maximum atomic E-state index is 12.9. The topological polar surface area (TPSA) is 83.0 Å². The molecule has 2 aromatic heterocycles. The number of ether oxygens (including phenoxy) is 1. The highest BCUT2D eigenvalue weighted by Crippen LogP contribution is 2.21. The minimum Gasteiger partial charge on any atom is -0.465 e. The van der Waals surface area contributed by atoms with Crippen molar-refractivity contribution in [2.45, 2.75) is 0 Å². The van der Waals surface area contributed by atoms with Crippen LogP contribution in [-0.2, 0) is 9.53 Å². The Bertz CT molecular complexity index is 1150. The molecular weight excluding hydrogens is 380 g/mol. The monoisotopic (exact) mass is 398 g/mol. The Morgan fingerprint density at radius 1 is 1.00 bits per heavy atom. The van der Waals surface area contributed by atoms with E-state index < -0.39 is 5.97 Å². The summed E-state index contributed by atoms with van der Waals surface area (Å²) in [6.45, 7) is 0.103. The van der Waals surface area contributed by atoms with Crippen LogP contribution in [0, 0.1) is 0 Å². The van der Waals surface area contributed by atoms with Gasteiger partial charge in [-0.1, -0.05) is 66.7 Å². The van der Waals surface area contributed by atoms with Crippen LogP contribution in [0.4, 0.5) is 0 Å². The predicted molar refractivity (Wildman–Crippen MR) is 113 cm³/mol. The average Bonchev–Trinajstić information content (AvgIpc) is 3.48. The summed E-state index contributed by atoms with van der Waals surface area (Å²) >= 11 is 0. The zero-order valence-corrected chi connectivity index (χ0v) is 16.0. The van der Waals surface area contributed by atoms with Crippen molar-refractivity contribution in [2.75, 3.05) is 6.61 Å². The van der Waals surface area contributed by atoms with Crippen LogP contribution in [0.5, 0.6) is 0 Å². The number of carbonyl (C=O) groups excluding carboxylic acids is 1. The lowest BCUT2D eigenvalue weighted by molar-refractivity contribution is -0.135. The molecule has 0 aliphatic heterocycles. The van der Waals surface area contributed by atoms with E-state index in [2.05, 4.69) is 15.5 Å². The zero-order valence-electron chi connectivity index (χ0n) is 16.0. The number of hydrogen-bond acceptors (Lipinski definition) is 6. The van der Waals surface area contributed by atoms with Crippen molar-refractivity contribution in [3.05, 3.63) is 96.5 Å². The largest absolute Gasteiger partial charge is 0.465 e. The standard InChI is InChI=1S/C23H18N4O3/c28-23(30-16-7-11-18-9-3-1-4-10-18)21(17-20-14-8-15-29-20)27-22(24-25-26-27)19-12-5-2-6-13-19/h1-15,17H,16H2/b11-7+,21-17-. The van der Waals surface area contributed by atoms with E-state index in [4.69, 9.17) is 9.15 Å². The fourth-order valence-corrected chi connectivity index (χ4v) is 2.78. The molecule has 0 unspecified atom stereocenters. The number of rotatable bonds is 7. The van der Waals surface area contributed by atoms with E-state index in [1.807, 2.05) is 66.7 Å². The van der Waals surface area contributed by atoms with Crippen molar-refractivity contribution >= 4 is 23.8 Å². The summed E-state index contributed by atoms with van der Waals surface area (Å²) in [7, 11) is 0. The Hall–Kier alpha value is -4.26. The molecule has 4 aromatic rings. The second-order valence-electron chi connectivity index (χ2n) is 6.24. The van der Waals surface area contributed by atoms with Crippen LogP contribution in [0.25, 0.3) is 29.2 Å². The van der Waals surface area contributed by atoms with Gasteiger partial charge in [0.05, 0.1) is 6.26 Å². The SMILES string of the molecule is O=C(OC/C=C/c1ccccc1)/C(=C/c1ccco1)n1nnnc1-c1ccccc1. The lowest BCUT2D eigenvalue weighted by Crippen LogP contribution is -2.15. The summed E-state index contributed by atoms with van der Waals surface area (Å²) in [5.74, 6) is 0.329. The number of hydrogen-bond donors (Lipinski definition) is 0. The van der Waals surface area contributed by atoms with Crippen molar-refractivity contribution in [3.8, 4) is 11.4 Å². The van der Waals surface area contributed by atoms with Crippen molar-refractivity contribution in [3.63, 3.8) is 0 Å². The van der Waals surface area contributed by atoms with Crippen LogP contribution in [0.15, 0.2) is 89.6 Å². The first-order valence-electron chi connectivity index (χ1n) is 9.29. The van der Waals surface area contributed by atoms with Crippen molar-refractivity contribution in [2.24, 2.45) is 0 Å². The van der Waals surface area contributed by atoms with Crippen molar-refractivity contribution < 1.29 is 13.9 Å². The minimum atomic E-state index is -0.575. The van der Waals surface area contributed by atoms with Crippen molar-refractivity contribution in [1.82, 2.24) is 20.2 Å². The average molecular weight is 398 g/mol. The molecule has 7 heteroatoms. The first-order chi connectivity index (χ1) is 14.8. The van der Waals surface area contributed by atoms with Gasteiger partial charge in [-0.05, 0) is 34.2 Å². The second kappa shape index (κ2) is 9.29. The molecule has 0 spiro atoms. The van der Waals surface area contributed by atoms with E-state index in [0.29, 0.717) is 11.6 Å². The van der Waals surface area contributed by atoms with Gasteiger partial charge in [0, 0.05) is 11.6 Å². The van der Waals surface area contributed by atoms with Gasteiger partial charge in [-0.3, -0.25) is 0 Å². The lowest BCUT2D eigenvalue weighted by Gasteiger charge is -2.08. The van der Waals surface area contributed by atoms with Gasteiger partial charge in [0.15, 0.2) is 11.5 Å². The molecule has 0 radical (unpaired) electrons. The maximum absolute atomic E-state index is 12.9. The first-order valence-corrected chi connectivity index (χ1v) is 9.29. The second-order valence-corrected chi connectivity index (χ2v) is 6.24. The number of benzene rings is 2. The minimum absolute atomic E-state index is 0.103. The van der Waals surface area contributed by atoms with Gasteiger partial charge in [0.25, 0.3) is 0 Å². The van der Waals surface area contributed by atoms with Crippen LogP contribution in [0.2, 0.25) is 0 Å². The van der Waals surface area contributed by atoms with E-state index in [1.54, 1.807) is 24.3 Å². The Labute approximate surface area is 172 Å². The third-order valence-electron chi connectivity index (χ3n) is 4.18. The van der Waals surface area contributed by atoms with Gasteiger partial charge in [-0.15, -0.1) is 5.10 Å². The van der Waals surface area contributed by atoms with E-state index in [1.165, 1.54) is 10.9 Å². The van der Waals surface area contributed by atoms with Crippen LogP contribution in [0.3, 0.4) is 0 Å². The molecular formula is C23H18N4O3. The van der Waals surface area contributed by atoms with Crippen LogP contribution in [-0.4, -0.2) is 32.8 Å². The highest BCUT2D eigenvalue weighted by atomic mass is 16.5. The highest BCUT2D eigenvalue weighted by molar-refractivity contribution is 6.15. The van der Waals surface area contributed by atoms with Gasteiger partial charge < -0.3 is 9.15 Å². The third-order valence-corrected chi connectivity index (χ3v) is 4.18. The molecule has 0 saturated heterocycles. The van der Waals surface area contributed by atoms with Gasteiger partial charge in [-0.25, -0.2) is 4.79 Å². The van der Waals surface area contributed by atoms with E-state index >= 15 is 0 Å². The molecule has 7 nitrogen and oxygen atoms in total. The Morgan fingerprint density at radius 3 is 2.50 bits per heavy atom. The molecule has 0 saturated carbocycles. The fraction of sp³-hybridized carbons (Fsp3) is 0.0435. The first kappa shape index (κ1) is 19.1. The highest BCUT2D eigenvalue weighted by Gasteiger charge is 2.20. The lowest BCUT2D eigenvalue weighted by atomic mass is 10.2. The van der Waals surface area contributed by atoms with Gasteiger partial charge in [-0.2, -0.15) is 4.68 Å². The van der Waals surface area contributed by atoms with Gasteiger partial charge in [0.1, 0.15) is 12.4 Å². The summed E-state index contributed by atoms with van der Waals surface area (Å²) in [4.78, 5) is 12.9.